The summed E-state index contributed by atoms with van der Waals surface area (Å²) >= 11 is 0. The van der Waals surface area contributed by atoms with Crippen LogP contribution in [0.25, 0.3) is 10.9 Å². The van der Waals surface area contributed by atoms with E-state index >= 15 is 0 Å². The summed E-state index contributed by atoms with van der Waals surface area (Å²) in [6.45, 7) is 0. The molecule has 0 fully saturated rings. The van der Waals surface area contributed by atoms with Crippen LogP contribution in [-0.4, -0.2) is 19.3 Å². The van der Waals surface area contributed by atoms with Crippen molar-refractivity contribution in [3.05, 3.63) is 35.8 Å². The van der Waals surface area contributed by atoms with Crippen LogP contribution in [0.3, 0.4) is 0 Å². The first-order valence-electron chi connectivity index (χ1n) is 4.42. The summed E-state index contributed by atoms with van der Waals surface area (Å²) in [5.41, 5.74) is 1.90. The van der Waals surface area contributed by atoms with E-state index in [4.69, 9.17) is 0 Å². The monoisotopic (exact) mass is 218 g/mol. The van der Waals surface area contributed by atoms with Crippen LogP contribution in [0.2, 0.25) is 0 Å². The molecule has 1 aliphatic rings. The fourth-order valence-electron chi connectivity index (χ4n) is 1.66. The van der Waals surface area contributed by atoms with Crippen LogP contribution in [0.15, 0.2) is 24.5 Å². The molecular weight excluding hydrogens is 212 g/mol. The molecule has 0 saturated carbocycles. The fraction of sp³-hybridized carbons (Fsp3) is 0.100. The Morgan fingerprint density at radius 2 is 2.27 bits per heavy atom. The first kappa shape index (κ1) is 8.67. The van der Waals surface area contributed by atoms with Crippen LogP contribution in [0.1, 0.15) is 16.1 Å². The van der Waals surface area contributed by atoms with Crippen LogP contribution in [-0.2, 0) is 16.6 Å². The van der Waals surface area contributed by atoms with Gasteiger partial charge in [0.05, 0.1) is 22.5 Å². The number of aromatic nitrogens is 2. The van der Waals surface area contributed by atoms with E-state index in [1.165, 1.54) is 0 Å². The van der Waals surface area contributed by atoms with Crippen LogP contribution in [0.4, 0.5) is 0 Å². The van der Waals surface area contributed by atoms with Gasteiger partial charge in [-0.05, 0) is 12.1 Å². The van der Waals surface area contributed by atoms with E-state index in [1.807, 2.05) is 0 Å². The van der Waals surface area contributed by atoms with Crippen molar-refractivity contribution in [2.24, 2.45) is 0 Å². The van der Waals surface area contributed by atoms with Crippen LogP contribution < -0.4 is 0 Å². The van der Waals surface area contributed by atoms with Crippen molar-refractivity contribution >= 4 is 26.8 Å². The fourth-order valence-corrected chi connectivity index (χ4v) is 2.68. The molecule has 1 atom stereocenters. The van der Waals surface area contributed by atoms with E-state index in [9.17, 15) is 9.00 Å². The minimum absolute atomic E-state index is 0.242. The molecule has 0 saturated heterocycles. The normalized spacial score (nSPS) is 19.5. The molecule has 0 amide bonds. The van der Waals surface area contributed by atoms with Gasteiger partial charge >= 0.3 is 0 Å². The number of rotatable bonds is 0. The second kappa shape index (κ2) is 2.93. The smallest absolute Gasteiger partial charge is 0.251 e. The number of carbonyl (C=O) groups is 1. The number of nitrogens with zero attached hydrogens (tertiary/aromatic N) is 2. The van der Waals surface area contributed by atoms with E-state index < -0.39 is 10.8 Å². The largest absolute Gasteiger partial charge is 0.279 e. The van der Waals surface area contributed by atoms with Crippen molar-refractivity contribution in [1.82, 2.24) is 9.97 Å². The maximum absolute atomic E-state index is 11.5. The molecular formula is C10H6N2O2S. The van der Waals surface area contributed by atoms with Gasteiger partial charge in [-0.25, -0.2) is 0 Å². The van der Waals surface area contributed by atoms with Crippen molar-refractivity contribution in [2.45, 2.75) is 5.75 Å². The zero-order chi connectivity index (χ0) is 10.4. The van der Waals surface area contributed by atoms with Gasteiger partial charge in [0.25, 0.3) is 5.12 Å². The van der Waals surface area contributed by atoms with E-state index in [0.717, 1.165) is 10.9 Å². The molecule has 0 spiro atoms. The third-order valence-electron chi connectivity index (χ3n) is 2.39. The lowest BCUT2D eigenvalue weighted by molar-refractivity contribution is 0.108. The Bertz CT molecular complexity index is 609. The SMILES string of the molecule is O=C1c2cc3cnccc3nc2CS1=O. The molecule has 3 rings (SSSR count). The molecule has 4 nitrogen and oxygen atoms in total. The summed E-state index contributed by atoms with van der Waals surface area (Å²) < 4.78 is 11.3. The van der Waals surface area contributed by atoms with E-state index in [1.54, 1.807) is 24.5 Å². The highest BCUT2D eigenvalue weighted by molar-refractivity contribution is 8.00. The number of hydrogen-bond donors (Lipinski definition) is 0. The number of carbonyl (C=O) groups excluding carboxylic acids is 1. The first-order valence-corrected chi connectivity index (χ1v) is 5.74. The van der Waals surface area contributed by atoms with Crippen LogP contribution in [0, 0.1) is 0 Å². The molecule has 2 aromatic heterocycles. The molecule has 1 aliphatic heterocycles. The van der Waals surface area contributed by atoms with Crippen molar-refractivity contribution in [3.8, 4) is 0 Å². The van der Waals surface area contributed by atoms with Gasteiger partial charge in [-0.1, -0.05) is 0 Å². The number of fused-ring (bicyclic) bond motifs is 2. The van der Waals surface area contributed by atoms with Gasteiger partial charge in [0.2, 0.25) is 0 Å². The number of hydrogen-bond acceptors (Lipinski definition) is 4. The Hall–Kier alpha value is -1.62. The standard InChI is InChI=1S/C10H6N2O2S/c13-10-7-3-6-4-11-2-1-8(6)12-9(7)5-15(10)14/h1-4H,5H2. The topological polar surface area (TPSA) is 59.9 Å². The van der Waals surface area contributed by atoms with E-state index in [0.29, 0.717) is 11.3 Å². The van der Waals surface area contributed by atoms with Crippen molar-refractivity contribution < 1.29 is 9.00 Å². The maximum Gasteiger partial charge on any atom is 0.251 e. The van der Waals surface area contributed by atoms with Gasteiger partial charge < -0.3 is 0 Å². The van der Waals surface area contributed by atoms with Crippen molar-refractivity contribution in [1.29, 1.82) is 0 Å². The number of pyridine rings is 2. The van der Waals surface area contributed by atoms with Gasteiger partial charge in [-0.2, -0.15) is 0 Å². The highest BCUT2D eigenvalue weighted by Crippen LogP contribution is 2.24. The van der Waals surface area contributed by atoms with Gasteiger partial charge in [-0.3, -0.25) is 19.0 Å². The second-order valence-electron chi connectivity index (χ2n) is 3.33. The molecule has 2 aromatic rings. The molecule has 74 valence electrons. The quantitative estimate of drug-likeness (QED) is 0.662. The molecule has 0 N–H and O–H groups in total. The Labute approximate surface area is 87.8 Å². The molecule has 1 unspecified atom stereocenters. The summed E-state index contributed by atoms with van der Waals surface area (Å²) in [7, 11) is -1.43. The minimum atomic E-state index is -1.43. The third kappa shape index (κ3) is 1.20. The highest BCUT2D eigenvalue weighted by Gasteiger charge is 2.28. The Morgan fingerprint density at radius 1 is 1.40 bits per heavy atom. The highest BCUT2D eigenvalue weighted by atomic mass is 32.2. The van der Waals surface area contributed by atoms with E-state index in [2.05, 4.69) is 9.97 Å². The summed E-state index contributed by atoms with van der Waals surface area (Å²) in [5.74, 6) is 0.242. The molecule has 3 heterocycles. The molecule has 0 radical (unpaired) electrons. The Balaban J connectivity index is 2.36. The van der Waals surface area contributed by atoms with Gasteiger partial charge in [0.15, 0.2) is 0 Å². The molecule has 5 heteroatoms. The maximum atomic E-state index is 11.5. The van der Waals surface area contributed by atoms with Gasteiger partial charge in [0.1, 0.15) is 10.8 Å². The Morgan fingerprint density at radius 3 is 3.13 bits per heavy atom. The third-order valence-corrected chi connectivity index (χ3v) is 3.56. The lowest BCUT2D eigenvalue weighted by Gasteiger charge is -1.98. The lowest BCUT2D eigenvalue weighted by atomic mass is 10.1. The molecule has 0 aliphatic carbocycles. The molecule has 15 heavy (non-hydrogen) atoms. The minimum Gasteiger partial charge on any atom is -0.279 e. The summed E-state index contributed by atoms with van der Waals surface area (Å²) in [4.78, 5) is 19.7. The second-order valence-corrected chi connectivity index (χ2v) is 4.68. The summed E-state index contributed by atoms with van der Waals surface area (Å²) in [6.07, 6.45) is 3.30. The average molecular weight is 218 g/mol. The zero-order valence-electron chi connectivity index (χ0n) is 7.64. The summed E-state index contributed by atoms with van der Waals surface area (Å²) in [6, 6.07) is 3.50. The predicted octanol–water partition coefficient (Wildman–Crippen LogP) is 1.03. The first-order chi connectivity index (χ1) is 7.25. The van der Waals surface area contributed by atoms with E-state index in [-0.39, 0.29) is 10.9 Å². The molecule has 0 bridgehead atoms. The van der Waals surface area contributed by atoms with Crippen molar-refractivity contribution in [3.63, 3.8) is 0 Å². The average Bonchev–Trinajstić information content (AvgIpc) is 2.52. The van der Waals surface area contributed by atoms with Crippen LogP contribution in [0.5, 0.6) is 0 Å². The van der Waals surface area contributed by atoms with Crippen LogP contribution >= 0.6 is 0 Å². The van der Waals surface area contributed by atoms with Crippen molar-refractivity contribution in [2.75, 3.05) is 0 Å². The summed E-state index contributed by atoms with van der Waals surface area (Å²) in [5, 5.41) is 0.492. The van der Waals surface area contributed by atoms with Gasteiger partial charge in [0, 0.05) is 17.8 Å². The zero-order valence-corrected chi connectivity index (χ0v) is 8.45. The lowest BCUT2D eigenvalue weighted by Crippen LogP contribution is -1.98. The van der Waals surface area contributed by atoms with Gasteiger partial charge in [-0.15, -0.1) is 0 Å². The molecule has 0 aromatic carbocycles. The Kier molecular flexibility index (Phi) is 1.70. The predicted molar refractivity (Wildman–Crippen MR) is 55.7 cm³/mol.